The van der Waals surface area contributed by atoms with Gasteiger partial charge in [-0.25, -0.2) is 13.4 Å². The van der Waals surface area contributed by atoms with E-state index < -0.39 is 15.3 Å². The van der Waals surface area contributed by atoms with Crippen molar-refractivity contribution in [3.63, 3.8) is 0 Å². The van der Waals surface area contributed by atoms with E-state index >= 15 is 0 Å². The van der Waals surface area contributed by atoms with Crippen molar-refractivity contribution in [2.75, 3.05) is 10.0 Å². The van der Waals surface area contributed by atoms with Crippen LogP contribution in [-0.4, -0.2) is 29.5 Å². The summed E-state index contributed by atoms with van der Waals surface area (Å²) < 4.78 is 26.2. The molecule has 2 aromatic carbocycles. The molecular formula is C20H20N4O3S. The first-order chi connectivity index (χ1) is 13.3. The van der Waals surface area contributed by atoms with E-state index in [2.05, 4.69) is 20.0 Å². The van der Waals surface area contributed by atoms with Crippen LogP contribution >= 0.6 is 0 Å². The van der Waals surface area contributed by atoms with Gasteiger partial charge in [-0.2, -0.15) is 0 Å². The standard InChI is InChI=1S/C20H20N4O3S/c1-14(2)28(26,27)24-17-10-8-16(9-11-17)20(25)23-19-13-21-18(12-22-19)15-6-4-3-5-7-15/h3-14,24H,1-2H3,(H,22,23,25). The summed E-state index contributed by atoms with van der Waals surface area (Å²) in [6.07, 6.45) is 3.08. The van der Waals surface area contributed by atoms with E-state index in [1.165, 1.54) is 6.20 Å². The molecule has 0 aliphatic rings. The number of anilines is 2. The average molecular weight is 396 g/mol. The van der Waals surface area contributed by atoms with Gasteiger partial charge >= 0.3 is 0 Å². The van der Waals surface area contributed by atoms with Crippen molar-refractivity contribution >= 4 is 27.4 Å². The smallest absolute Gasteiger partial charge is 0.256 e. The average Bonchev–Trinajstić information content (AvgIpc) is 2.69. The van der Waals surface area contributed by atoms with Crippen molar-refractivity contribution < 1.29 is 13.2 Å². The molecule has 1 aromatic heterocycles. The number of rotatable bonds is 6. The Morgan fingerprint density at radius 3 is 2.18 bits per heavy atom. The molecule has 1 heterocycles. The minimum atomic E-state index is -3.43. The fourth-order valence-electron chi connectivity index (χ4n) is 2.31. The van der Waals surface area contributed by atoms with Gasteiger partial charge in [0, 0.05) is 16.8 Å². The molecule has 0 unspecified atom stereocenters. The largest absolute Gasteiger partial charge is 0.305 e. The molecule has 0 aliphatic carbocycles. The van der Waals surface area contributed by atoms with E-state index in [4.69, 9.17) is 0 Å². The summed E-state index contributed by atoms with van der Waals surface area (Å²) >= 11 is 0. The fraction of sp³-hybridized carbons (Fsp3) is 0.150. The Balaban J connectivity index is 1.66. The van der Waals surface area contributed by atoms with Crippen molar-refractivity contribution in [3.8, 4) is 11.3 Å². The molecule has 3 aromatic rings. The van der Waals surface area contributed by atoms with Crippen LogP contribution in [0, 0.1) is 0 Å². The zero-order chi connectivity index (χ0) is 20.1. The lowest BCUT2D eigenvalue weighted by Gasteiger charge is -2.11. The summed E-state index contributed by atoms with van der Waals surface area (Å²) in [5, 5.41) is 2.12. The Bertz CT molecular complexity index is 1050. The first kappa shape index (κ1) is 19.5. The van der Waals surface area contributed by atoms with Crippen LogP contribution < -0.4 is 10.0 Å². The SMILES string of the molecule is CC(C)S(=O)(=O)Nc1ccc(C(=O)Nc2cnc(-c3ccccc3)cn2)cc1. The maximum atomic E-state index is 12.4. The van der Waals surface area contributed by atoms with Crippen LogP contribution in [0.15, 0.2) is 67.0 Å². The van der Waals surface area contributed by atoms with E-state index in [9.17, 15) is 13.2 Å². The lowest BCUT2D eigenvalue weighted by molar-refractivity contribution is 0.102. The third-order valence-electron chi connectivity index (χ3n) is 3.99. The molecular weight excluding hydrogens is 376 g/mol. The molecule has 0 saturated heterocycles. The molecule has 3 rings (SSSR count). The van der Waals surface area contributed by atoms with E-state index in [0.717, 1.165) is 5.56 Å². The number of hydrogen-bond acceptors (Lipinski definition) is 5. The molecule has 0 bridgehead atoms. The highest BCUT2D eigenvalue weighted by Gasteiger charge is 2.16. The summed E-state index contributed by atoms with van der Waals surface area (Å²) in [4.78, 5) is 20.9. The lowest BCUT2D eigenvalue weighted by Crippen LogP contribution is -2.22. The maximum absolute atomic E-state index is 12.4. The molecule has 7 nitrogen and oxygen atoms in total. The quantitative estimate of drug-likeness (QED) is 0.664. The molecule has 0 saturated carbocycles. The molecule has 0 radical (unpaired) electrons. The summed E-state index contributed by atoms with van der Waals surface area (Å²) in [7, 11) is -3.43. The number of sulfonamides is 1. The summed E-state index contributed by atoms with van der Waals surface area (Å²) in [6.45, 7) is 3.18. The predicted octanol–water partition coefficient (Wildman–Crippen LogP) is 3.55. The third kappa shape index (κ3) is 4.72. The third-order valence-corrected chi connectivity index (χ3v) is 5.75. The van der Waals surface area contributed by atoms with Gasteiger partial charge in [0.25, 0.3) is 5.91 Å². The molecule has 2 N–H and O–H groups in total. The highest BCUT2D eigenvalue weighted by Crippen LogP contribution is 2.17. The number of benzene rings is 2. The van der Waals surface area contributed by atoms with Gasteiger partial charge < -0.3 is 5.32 Å². The van der Waals surface area contributed by atoms with Crippen molar-refractivity contribution in [1.82, 2.24) is 9.97 Å². The predicted molar refractivity (Wildman–Crippen MR) is 110 cm³/mol. The first-order valence-corrected chi connectivity index (χ1v) is 10.2. The van der Waals surface area contributed by atoms with Gasteiger partial charge in [-0.3, -0.25) is 14.5 Å². The number of carbonyl (C=O) groups is 1. The van der Waals surface area contributed by atoms with E-state index in [1.807, 2.05) is 30.3 Å². The highest BCUT2D eigenvalue weighted by atomic mass is 32.2. The van der Waals surface area contributed by atoms with E-state index in [-0.39, 0.29) is 5.91 Å². The number of carbonyl (C=O) groups excluding carboxylic acids is 1. The van der Waals surface area contributed by atoms with Crippen LogP contribution in [0.25, 0.3) is 11.3 Å². The summed E-state index contributed by atoms with van der Waals surface area (Å²) in [6, 6.07) is 15.8. The highest BCUT2D eigenvalue weighted by molar-refractivity contribution is 7.93. The Hall–Kier alpha value is -3.26. The zero-order valence-electron chi connectivity index (χ0n) is 15.5. The zero-order valence-corrected chi connectivity index (χ0v) is 16.3. The first-order valence-electron chi connectivity index (χ1n) is 8.65. The number of nitrogens with one attached hydrogen (secondary N) is 2. The fourth-order valence-corrected chi connectivity index (χ4v) is 3.01. The van der Waals surface area contributed by atoms with Crippen LogP contribution in [0.5, 0.6) is 0 Å². The molecule has 1 amide bonds. The van der Waals surface area contributed by atoms with Crippen LogP contribution in [-0.2, 0) is 10.0 Å². The van der Waals surface area contributed by atoms with Crippen LogP contribution in [0.2, 0.25) is 0 Å². The van der Waals surface area contributed by atoms with Crippen molar-refractivity contribution in [3.05, 3.63) is 72.6 Å². The Kier molecular flexibility index (Phi) is 5.70. The van der Waals surface area contributed by atoms with Gasteiger partial charge in [-0.15, -0.1) is 0 Å². The molecule has 0 atom stereocenters. The molecule has 8 heteroatoms. The topological polar surface area (TPSA) is 101 Å². The van der Waals surface area contributed by atoms with Gasteiger partial charge in [0.2, 0.25) is 10.0 Å². The number of nitrogens with zero attached hydrogens (tertiary/aromatic N) is 2. The number of amides is 1. The van der Waals surface area contributed by atoms with Gasteiger partial charge in [0.15, 0.2) is 5.82 Å². The van der Waals surface area contributed by atoms with Crippen molar-refractivity contribution in [2.24, 2.45) is 0 Å². The van der Waals surface area contributed by atoms with Gasteiger partial charge in [-0.05, 0) is 38.1 Å². The maximum Gasteiger partial charge on any atom is 0.256 e. The number of hydrogen-bond donors (Lipinski definition) is 2. The Morgan fingerprint density at radius 2 is 1.61 bits per heavy atom. The summed E-state index contributed by atoms with van der Waals surface area (Å²) in [5.41, 5.74) is 2.42. The van der Waals surface area contributed by atoms with Gasteiger partial charge in [-0.1, -0.05) is 30.3 Å². The molecule has 144 valence electrons. The van der Waals surface area contributed by atoms with Gasteiger partial charge in [0.05, 0.1) is 23.3 Å². The van der Waals surface area contributed by atoms with Crippen LogP contribution in [0.1, 0.15) is 24.2 Å². The van der Waals surface area contributed by atoms with Crippen LogP contribution in [0.4, 0.5) is 11.5 Å². The van der Waals surface area contributed by atoms with E-state index in [0.29, 0.717) is 22.8 Å². The Morgan fingerprint density at radius 1 is 0.929 bits per heavy atom. The normalized spacial score (nSPS) is 11.2. The molecule has 0 fully saturated rings. The van der Waals surface area contributed by atoms with Crippen molar-refractivity contribution in [2.45, 2.75) is 19.1 Å². The van der Waals surface area contributed by atoms with Crippen LogP contribution in [0.3, 0.4) is 0 Å². The van der Waals surface area contributed by atoms with Crippen molar-refractivity contribution in [1.29, 1.82) is 0 Å². The minimum absolute atomic E-state index is 0.328. The second-order valence-electron chi connectivity index (χ2n) is 6.38. The van der Waals surface area contributed by atoms with Gasteiger partial charge in [0.1, 0.15) is 0 Å². The molecule has 0 spiro atoms. The second kappa shape index (κ2) is 8.18. The second-order valence-corrected chi connectivity index (χ2v) is 8.62. The Labute approximate surface area is 163 Å². The monoisotopic (exact) mass is 396 g/mol. The number of aromatic nitrogens is 2. The lowest BCUT2D eigenvalue weighted by atomic mass is 10.2. The molecule has 0 aliphatic heterocycles. The minimum Gasteiger partial charge on any atom is -0.305 e. The van der Waals surface area contributed by atoms with E-state index in [1.54, 1.807) is 44.3 Å². The molecule has 28 heavy (non-hydrogen) atoms. The summed E-state index contributed by atoms with van der Waals surface area (Å²) in [5.74, 6) is -0.0331.